The van der Waals surface area contributed by atoms with Crippen molar-refractivity contribution >= 4 is 27.0 Å². The fraction of sp³-hybridized carbons (Fsp3) is 0.353. The van der Waals surface area contributed by atoms with Crippen LogP contribution in [0.4, 0.5) is 4.39 Å². The van der Waals surface area contributed by atoms with E-state index in [-0.39, 0.29) is 17.4 Å². The molecule has 1 saturated heterocycles. The van der Waals surface area contributed by atoms with E-state index in [2.05, 4.69) is 31.0 Å². The maximum atomic E-state index is 13.5. The molecule has 0 saturated carbocycles. The summed E-state index contributed by atoms with van der Waals surface area (Å²) >= 11 is 3.41. The average Bonchev–Trinajstić information content (AvgIpc) is 3.03. The monoisotopic (exact) mass is 406 g/mol. The van der Waals surface area contributed by atoms with Gasteiger partial charge in [-0.1, -0.05) is 15.9 Å². The van der Waals surface area contributed by atoms with E-state index in [9.17, 15) is 9.18 Å². The largest absolute Gasteiger partial charge is 0.381 e. The van der Waals surface area contributed by atoms with Crippen LogP contribution in [0.3, 0.4) is 0 Å². The number of rotatable bonds is 3. The van der Waals surface area contributed by atoms with Gasteiger partial charge in [-0.05, 0) is 36.6 Å². The molecule has 1 N–H and O–H groups in total. The summed E-state index contributed by atoms with van der Waals surface area (Å²) in [5.74, 6) is 0.159. The highest BCUT2D eigenvalue weighted by molar-refractivity contribution is 9.10. The van der Waals surface area contributed by atoms with Gasteiger partial charge in [-0.3, -0.25) is 4.79 Å². The van der Waals surface area contributed by atoms with Crippen LogP contribution in [0, 0.1) is 5.82 Å². The molecule has 1 fully saturated rings. The number of H-pyrrole nitrogens is 1. The van der Waals surface area contributed by atoms with E-state index in [1.54, 1.807) is 12.3 Å². The van der Waals surface area contributed by atoms with E-state index in [0.717, 1.165) is 22.9 Å². The van der Waals surface area contributed by atoms with E-state index >= 15 is 0 Å². The molecule has 0 unspecified atom stereocenters. The number of ether oxygens (including phenoxy) is 1. The van der Waals surface area contributed by atoms with Crippen LogP contribution in [0.25, 0.3) is 11.0 Å². The van der Waals surface area contributed by atoms with Gasteiger partial charge >= 0.3 is 0 Å². The minimum atomic E-state index is -0.325. The number of nitrogens with zero attached hydrogens (tertiary/aromatic N) is 3. The van der Waals surface area contributed by atoms with Crippen molar-refractivity contribution in [1.29, 1.82) is 0 Å². The summed E-state index contributed by atoms with van der Waals surface area (Å²) in [4.78, 5) is 19.8. The molecule has 0 radical (unpaired) electrons. The van der Waals surface area contributed by atoms with Crippen LogP contribution >= 0.6 is 15.9 Å². The van der Waals surface area contributed by atoms with Gasteiger partial charge < -0.3 is 9.72 Å². The molecule has 0 atom stereocenters. The molecule has 6 nitrogen and oxygen atoms in total. The molecule has 8 heteroatoms. The molecule has 0 spiro atoms. The lowest BCUT2D eigenvalue weighted by molar-refractivity contribution is 0.0673. The third-order valence-corrected chi connectivity index (χ3v) is 5.19. The quantitative estimate of drug-likeness (QED) is 0.725. The minimum Gasteiger partial charge on any atom is -0.381 e. The lowest BCUT2D eigenvalue weighted by atomic mass is 10.1. The van der Waals surface area contributed by atoms with Crippen molar-refractivity contribution < 1.29 is 9.13 Å². The Labute approximate surface area is 151 Å². The predicted molar refractivity (Wildman–Crippen MR) is 94.1 cm³/mol. The van der Waals surface area contributed by atoms with Crippen LogP contribution in [-0.2, 0) is 11.2 Å². The molecule has 0 amide bonds. The van der Waals surface area contributed by atoms with E-state index in [0.29, 0.717) is 36.5 Å². The number of halogens is 2. The number of benzene rings is 1. The predicted octanol–water partition coefficient (Wildman–Crippen LogP) is 2.96. The Kier molecular flexibility index (Phi) is 4.39. The van der Waals surface area contributed by atoms with Crippen LogP contribution in [0.1, 0.15) is 30.3 Å². The zero-order valence-electron chi connectivity index (χ0n) is 13.3. The minimum absolute atomic E-state index is 0.175. The van der Waals surface area contributed by atoms with E-state index < -0.39 is 0 Å². The van der Waals surface area contributed by atoms with Gasteiger partial charge in [-0.25, -0.2) is 14.1 Å². The second-order valence-corrected chi connectivity index (χ2v) is 6.95. The van der Waals surface area contributed by atoms with Crippen LogP contribution in [-0.4, -0.2) is 33.0 Å². The smallest absolute Gasteiger partial charge is 0.262 e. The second-order valence-electron chi connectivity index (χ2n) is 6.10. The normalized spacial score (nSPS) is 15.8. The van der Waals surface area contributed by atoms with Crippen molar-refractivity contribution in [2.45, 2.75) is 25.3 Å². The number of fused-ring (bicyclic) bond motifs is 1. The topological polar surface area (TPSA) is 72.8 Å². The van der Waals surface area contributed by atoms with Crippen LogP contribution in [0.5, 0.6) is 0 Å². The Morgan fingerprint density at radius 1 is 1.36 bits per heavy atom. The third-order valence-electron chi connectivity index (χ3n) is 4.41. The molecule has 1 aliphatic rings. The van der Waals surface area contributed by atoms with Crippen LogP contribution < -0.4 is 5.56 Å². The first-order valence-corrected chi connectivity index (χ1v) is 8.89. The van der Waals surface area contributed by atoms with E-state index in [4.69, 9.17) is 4.74 Å². The van der Waals surface area contributed by atoms with Gasteiger partial charge in [0.15, 0.2) is 5.65 Å². The van der Waals surface area contributed by atoms with Gasteiger partial charge in [-0.2, -0.15) is 5.10 Å². The van der Waals surface area contributed by atoms with E-state index in [1.165, 1.54) is 12.1 Å². The highest BCUT2D eigenvalue weighted by atomic mass is 79.9. The SMILES string of the molecule is O=c1[nH]c(Cc2cc(F)ccc2Br)nc2c1cnn2C1CCOCC1. The number of aromatic amines is 1. The number of aromatic nitrogens is 4. The van der Waals surface area contributed by atoms with Gasteiger partial charge in [0.05, 0.1) is 12.2 Å². The molecule has 4 rings (SSSR count). The Hall–Kier alpha value is -2.06. The Bertz CT molecular complexity index is 978. The molecule has 25 heavy (non-hydrogen) atoms. The highest BCUT2D eigenvalue weighted by Gasteiger charge is 2.20. The van der Waals surface area contributed by atoms with Gasteiger partial charge in [0.2, 0.25) is 0 Å². The van der Waals surface area contributed by atoms with Crippen molar-refractivity contribution in [2.75, 3.05) is 13.2 Å². The first kappa shape index (κ1) is 16.4. The maximum Gasteiger partial charge on any atom is 0.262 e. The zero-order chi connectivity index (χ0) is 17.4. The van der Waals surface area contributed by atoms with Gasteiger partial charge in [0.1, 0.15) is 17.0 Å². The van der Waals surface area contributed by atoms with Crippen molar-refractivity contribution in [3.63, 3.8) is 0 Å². The van der Waals surface area contributed by atoms with Crippen molar-refractivity contribution in [3.8, 4) is 0 Å². The molecule has 3 aromatic rings. The zero-order valence-corrected chi connectivity index (χ0v) is 14.9. The molecule has 0 bridgehead atoms. The Morgan fingerprint density at radius 3 is 2.96 bits per heavy atom. The molecular weight excluding hydrogens is 391 g/mol. The fourth-order valence-corrected chi connectivity index (χ4v) is 3.51. The lowest BCUT2D eigenvalue weighted by Gasteiger charge is -2.22. The number of hydrogen-bond donors (Lipinski definition) is 1. The first-order chi connectivity index (χ1) is 12.1. The Balaban J connectivity index is 1.75. The molecule has 130 valence electrons. The van der Waals surface area contributed by atoms with Crippen molar-refractivity contribution in [1.82, 2.24) is 19.7 Å². The van der Waals surface area contributed by atoms with Gasteiger partial charge in [0.25, 0.3) is 5.56 Å². The molecule has 3 heterocycles. The number of nitrogens with one attached hydrogen (secondary N) is 1. The highest BCUT2D eigenvalue weighted by Crippen LogP contribution is 2.24. The number of hydrogen-bond acceptors (Lipinski definition) is 4. The summed E-state index contributed by atoms with van der Waals surface area (Å²) in [7, 11) is 0. The molecule has 1 aromatic carbocycles. The summed E-state index contributed by atoms with van der Waals surface area (Å²) in [5.41, 5.74) is 1.06. The molecular formula is C17H16BrFN4O2. The van der Waals surface area contributed by atoms with Crippen molar-refractivity contribution in [3.05, 3.63) is 56.4 Å². The average molecular weight is 407 g/mol. The fourth-order valence-electron chi connectivity index (χ4n) is 3.12. The lowest BCUT2D eigenvalue weighted by Crippen LogP contribution is -2.21. The summed E-state index contributed by atoms with van der Waals surface area (Å²) in [6, 6.07) is 4.64. The van der Waals surface area contributed by atoms with Gasteiger partial charge in [-0.15, -0.1) is 0 Å². The molecule has 0 aliphatic carbocycles. The van der Waals surface area contributed by atoms with Crippen LogP contribution in [0.2, 0.25) is 0 Å². The summed E-state index contributed by atoms with van der Waals surface area (Å²) in [6.07, 6.45) is 3.56. The Morgan fingerprint density at radius 2 is 2.16 bits per heavy atom. The molecule has 2 aromatic heterocycles. The van der Waals surface area contributed by atoms with Crippen LogP contribution in [0.15, 0.2) is 33.7 Å². The second kappa shape index (κ2) is 6.68. The standard InChI is InChI=1S/C17H16BrFN4O2/c18-14-2-1-11(19)7-10(14)8-15-21-16-13(17(24)22-15)9-20-23(16)12-3-5-25-6-4-12/h1-2,7,9,12H,3-6,8H2,(H,21,22,24). The van der Waals surface area contributed by atoms with Crippen molar-refractivity contribution in [2.24, 2.45) is 0 Å². The summed E-state index contributed by atoms with van der Waals surface area (Å²) in [6.45, 7) is 1.36. The summed E-state index contributed by atoms with van der Waals surface area (Å²) in [5, 5.41) is 4.84. The first-order valence-electron chi connectivity index (χ1n) is 8.10. The summed E-state index contributed by atoms with van der Waals surface area (Å²) < 4.78 is 21.5. The third kappa shape index (κ3) is 3.23. The maximum absolute atomic E-state index is 13.5. The van der Waals surface area contributed by atoms with E-state index in [1.807, 2.05) is 4.68 Å². The molecule has 1 aliphatic heterocycles. The van der Waals surface area contributed by atoms with Gasteiger partial charge in [0, 0.05) is 24.1 Å².